The van der Waals surface area contributed by atoms with Crippen LogP contribution < -0.4 is 5.32 Å². The molecule has 6 N–H and O–H groups in total. The Bertz CT molecular complexity index is 1530. The van der Waals surface area contributed by atoms with E-state index in [-0.39, 0.29) is 19.4 Å². The molecule has 1 aliphatic heterocycles. The van der Waals surface area contributed by atoms with Crippen LogP contribution in [0, 0.1) is 0 Å². The Balaban J connectivity index is 2.67. The van der Waals surface area contributed by atoms with Crippen LogP contribution in [0.5, 0.6) is 0 Å². The molecule has 0 aromatic rings. The number of amides is 1. The fourth-order valence-electron chi connectivity index (χ4n) is 9.62. The number of esters is 1. The lowest BCUT2D eigenvalue weighted by Gasteiger charge is -2.41. The summed E-state index contributed by atoms with van der Waals surface area (Å²) < 4.78 is 17.6. The van der Waals surface area contributed by atoms with E-state index in [4.69, 9.17) is 14.2 Å². The van der Waals surface area contributed by atoms with Gasteiger partial charge in [-0.05, 0) is 70.6 Å². The van der Waals surface area contributed by atoms with Gasteiger partial charge in [0.15, 0.2) is 12.4 Å². The van der Waals surface area contributed by atoms with Gasteiger partial charge in [0.1, 0.15) is 24.4 Å². The van der Waals surface area contributed by atoms with Gasteiger partial charge in [-0.2, -0.15) is 0 Å². The van der Waals surface area contributed by atoms with Crippen LogP contribution >= 0.6 is 0 Å². The first-order valence-electron chi connectivity index (χ1n) is 31.7. The summed E-state index contributed by atoms with van der Waals surface area (Å²) in [4.78, 5) is 26.5. The van der Waals surface area contributed by atoms with Gasteiger partial charge in [0, 0.05) is 6.42 Å². The monoisotopic (exact) mass is 1080 g/mol. The van der Waals surface area contributed by atoms with E-state index in [1.54, 1.807) is 6.08 Å². The minimum Gasteiger partial charge on any atom is -0.454 e. The van der Waals surface area contributed by atoms with Crippen molar-refractivity contribution in [2.75, 3.05) is 13.2 Å². The fraction of sp³-hybridized carbons (Fsp3) is 0.788. The van der Waals surface area contributed by atoms with E-state index in [0.717, 1.165) is 89.9 Å². The third-order valence-electron chi connectivity index (χ3n) is 14.6. The summed E-state index contributed by atoms with van der Waals surface area (Å²) in [6.45, 7) is 5.66. The number of nitrogens with one attached hydrogen (secondary N) is 1. The van der Waals surface area contributed by atoms with Crippen LogP contribution in [0.2, 0.25) is 0 Å². The smallest absolute Gasteiger partial charge is 0.306 e. The molecule has 0 aromatic heterocycles. The maximum absolute atomic E-state index is 13.4. The van der Waals surface area contributed by atoms with Crippen LogP contribution in [0.3, 0.4) is 0 Å². The Labute approximate surface area is 471 Å². The van der Waals surface area contributed by atoms with E-state index in [1.165, 1.54) is 135 Å². The number of hydrogen-bond acceptors (Lipinski definition) is 10. The Morgan fingerprint density at radius 3 is 1.40 bits per heavy atom. The molecule has 1 fully saturated rings. The average Bonchev–Trinajstić information content (AvgIpc) is 3.43. The first-order chi connectivity index (χ1) is 37.7. The number of aliphatic hydroxyl groups is 5. The number of ether oxygens (including phenoxy) is 3. The van der Waals surface area contributed by atoms with Crippen LogP contribution in [0.4, 0.5) is 0 Å². The van der Waals surface area contributed by atoms with Crippen molar-refractivity contribution < 1.29 is 49.3 Å². The molecule has 8 unspecified atom stereocenters. The molecule has 1 heterocycles. The summed E-state index contributed by atoms with van der Waals surface area (Å²) in [6.07, 6.45) is 58.0. The van der Waals surface area contributed by atoms with Crippen molar-refractivity contribution in [3.63, 3.8) is 0 Å². The molecule has 1 amide bonds. The molecule has 1 aliphatic rings. The molecule has 0 bridgehead atoms. The Kier molecular flexibility index (Phi) is 50.3. The Hall–Kier alpha value is -2.90. The lowest BCUT2D eigenvalue weighted by molar-refractivity contribution is -0.305. The second-order valence-electron chi connectivity index (χ2n) is 21.8. The number of carbonyl (C=O) groups excluding carboxylic acids is 2. The molecule has 0 radical (unpaired) electrons. The van der Waals surface area contributed by atoms with Gasteiger partial charge in [0.05, 0.1) is 25.4 Å². The van der Waals surface area contributed by atoms with Gasteiger partial charge in [-0.1, -0.05) is 267 Å². The third-order valence-corrected chi connectivity index (χ3v) is 14.6. The molecule has 77 heavy (non-hydrogen) atoms. The molecule has 11 nitrogen and oxygen atoms in total. The number of aliphatic hydroxyl groups excluding tert-OH is 5. The number of unbranched alkanes of at least 4 members (excludes halogenated alkanes) is 29. The summed E-state index contributed by atoms with van der Waals surface area (Å²) in [6, 6.07) is -1.03. The maximum atomic E-state index is 13.4. The highest BCUT2D eigenvalue weighted by molar-refractivity contribution is 5.80. The van der Waals surface area contributed by atoms with Crippen LogP contribution in [0.15, 0.2) is 72.9 Å². The molecular weight excluding hydrogens is 967 g/mol. The second-order valence-corrected chi connectivity index (χ2v) is 21.8. The predicted octanol–water partition coefficient (Wildman–Crippen LogP) is 15.2. The minimum absolute atomic E-state index is 0.0830. The standard InChI is InChI=1S/C66H117NO10/c1-4-7-10-13-16-19-22-24-26-28-30-32-34-36-39-42-45-48-51-54-61(71)77-64-63(73)62(72)60(55-68)76-66(64)75-56-57(58(69)52-49-46-43-40-37-21-18-15-12-9-6-3)67-65(74)59(70)53-50-47-44-41-38-35-33-31-29-27-25-23-20-17-14-11-8-5-2/h7,10,16,19,24,26,30,32,36,39,49,52,57-60,62-64,66,68-70,72-73H,4-6,8-9,11-15,17-18,20-23,25,27-29,31,33-35,37-38,40-48,50-51,53-56H2,1-3H3,(H,67,74)/b10-7-,19-16-,26-24-,32-30-,39-36-,52-49+. The SMILES string of the molecule is CC/C=C\C/C=C\C/C=C\C/C=C\C/C=C\CCCCCC(=O)OC1C(OCC(NC(=O)C(O)CCCCCCCCCCCCCCCCCCCC)C(O)/C=C/CCCCCCCCCCC)OC(CO)C(O)C1O. The van der Waals surface area contributed by atoms with Gasteiger partial charge in [-0.15, -0.1) is 0 Å². The normalized spacial score (nSPS) is 19.5. The van der Waals surface area contributed by atoms with Crippen molar-refractivity contribution in [1.29, 1.82) is 0 Å². The summed E-state index contributed by atoms with van der Waals surface area (Å²) in [5.74, 6) is -1.22. The number of rotatable bonds is 53. The lowest BCUT2D eigenvalue weighted by Crippen LogP contribution is -2.61. The highest BCUT2D eigenvalue weighted by Crippen LogP contribution is 2.26. The topological polar surface area (TPSA) is 175 Å². The zero-order valence-corrected chi connectivity index (χ0v) is 49.3. The largest absolute Gasteiger partial charge is 0.454 e. The van der Waals surface area contributed by atoms with Crippen LogP contribution in [-0.4, -0.2) is 99.6 Å². The molecule has 8 atom stereocenters. The summed E-state index contributed by atoms with van der Waals surface area (Å²) in [5, 5.41) is 57.0. The van der Waals surface area contributed by atoms with Crippen molar-refractivity contribution in [2.24, 2.45) is 0 Å². The van der Waals surface area contributed by atoms with Crippen molar-refractivity contribution in [3.8, 4) is 0 Å². The molecular formula is C66H117NO10. The molecule has 11 heteroatoms. The van der Waals surface area contributed by atoms with Crippen LogP contribution in [0.1, 0.15) is 271 Å². The number of hydrogen-bond donors (Lipinski definition) is 6. The van der Waals surface area contributed by atoms with Gasteiger partial charge in [-0.25, -0.2) is 0 Å². The number of carbonyl (C=O) groups is 2. The number of allylic oxidation sites excluding steroid dienone is 11. The quantitative estimate of drug-likeness (QED) is 0.0195. The van der Waals surface area contributed by atoms with E-state index in [2.05, 4.69) is 86.8 Å². The van der Waals surface area contributed by atoms with Crippen molar-refractivity contribution in [2.45, 2.75) is 320 Å². The maximum Gasteiger partial charge on any atom is 0.306 e. The second kappa shape index (κ2) is 53.7. The van der Waals surface area contributed by atoms with Crippen LogP contribution in [-0.2, 0) is 23.8 Å². The molecule has 1 rings (SSSR count). The van der Waals surface area contributed by atoms with Crippen LogP contribution in [0.25, 0.3) is 0 Å². The molecule has 1 saturated heterocycles. The summed E-state index contributed by atoms with van der Waals surface area (Å²) in [5.41, 5.74) is 0. The Morgan fingerprint density at radius 2 is 0.935 bits per heavy atom. The zero-order chi connectivity index (χ0) is 56.1. The van der Waals surface area contributed by atoms with E-state index >= 15 is 0 Å². The van der Waals surface area contributed by atoms with Gasteiger partial charge in [0.2, 0.25) is 5.91 Å². The lowest BCUT2D eigenvalue weighted by atomic mass is 9.99. The highest BCUT2D eigenvalue weighted by Gasteiger charge is 2.47. The van der Waals surface area contributed by atoms with Gasteiger partial charge >= 0.3 is 5.97 Å². The summed E-state index contributed by atoms with van der Waals surface area (Å²) in [7, 11) is 0. The van der Waals surface area contributed by atoms with Gasteiger partial charge < -0.3 is 45.1 Å². The summed E-state index contributed by atoms with van der Waals surface area (Å²) >= 11 is 0. The average molecular weight is 1080 g/mol. The van der Waals surface area contributed by atoms with Gasteiger partial charge in [-0.3, -0.25) is 9.59 Å². The third kappa shape index (κ3) is 41.7. The van der Waals surface area contributed by atoms with Gasteiger partial charge in [0.25, 0.3) is 0 Å². The van der Waals surface area contributed by atoms with Crippen molar-refractivity contribution in [1.82, 2.24) is 5.32 Å². The molecule has 0 spiro atoms. The first-order valence-corrected chi connectivity index (χ1v) is 31.7. The molecule has 446 valence electrons. The first kappa shape index (κ1) is 72.1. The van der Waals surface area contributed by atoms with E-state index < -0.39 is 67.4 Å². The predicted molar refractivity (Wildman–Crippen MR) is 319 cm³/mol. The zero-order valence-electron chi connectivity index (χ0n) is 49.3. The molecule has 0 aliphatic carbocycles. The van der Waals surface area contributed by atoms with Crippen molar-refractivity contribution in [3.05, 3.63) is 72.9 Å². The van der Waals surface area contributed by atoms with E-state index in [9.17, 15) is 35.1 Å². The minimum atomic E-state index is -1.63. The fourth-order valence-corrected chi connectivity index (χ4v) is 9.62. The highest BCUT2D eigenvalue weighted by atomic mass is 16.7. The molecule has 0 aromatic carbocycles. The Morgan fingerprint density at radius 1 is 0.519 bits per heavy atom. The molecule has 0 saturated carbocycles. The van der Waals surface area contributed by atoms with E-state index in [1.807, 2.05) is 6.08 Å². The van der Waals surface area contributed by atoms with Crippen molar-refractivity contribution >= 4 is 11.9 Å². The van der Waals surface area contributed by atoms with E-state index in [0.29, 0.717) is 12.8 Å².